The largest absolute Gasteiger partial charge is 0.508 e. The van der Waals surface area contributed by atoms with Gasteiger partial charge >= 0.3 is 5.97 Å². The van der Waals surface area contributed by atoms with E-state index in [1.807, 2.05) is 13.8 Å². The van der Waals surface area contributed by atoms with Gasteiger partial charge < -0.3 is 37.2 Å². The van der Waals surface area contributed by atoms with Crippen molar-refractivity contribution in [1.82, 2.24) is 21.3 Å². The number of nitrogens with two attached hydrogens (primary N) is 1. The predicted molar refractivity (Wildman–Crippen MR) is 153 cm³/mol. The molecular formula is C29H45N5O7. The normalized spacial score (nSPS) is 16.6. The van der Waals surface area contributed by atoms with Crippen LogP contribution >= 0.6 is 0 Å². The molecule has 0 heterocycles. The first-order valence-corrected chi connectivity index (χ1v) is 14.3. The molecule has 4 amide bonds. The summed E-state index contributed by atoms with van der Waals surface area (Å²) in [5.41, 5.74) is 6.69. The Hall–Kier alpha value is -3.67. The number of carboxylic acid groups (broad SMARTS) is 1. The Morgan fingerprint density at radius 3 is 2.10 bits per heavy atom. The van der Waals surface area contributed by atoms with Crippen LogP contribution in [0.4, 0.5) is 0 Å². The van der Waals surface area contributed by atoms with Crippen LogP contribution in [-0.4, -0.2) is 70.5 Å². The zero-order valence-electron chi connectivity index (χ0n) is 24.2. The molecule has 41 heavy (non-hydrogen) atoms. The highest BCUT2D eigenvalue weighted by Gasteiger charge is 2.30. The van der Waals surface area contributed by atoms with Gasteiger partial charge in [0.1, 0.15) is 23.9 Å². The zero-order valence-corrected chi connectivity index (χ0v) is 24.2. The van der Waals surface area contributed by atoms with Gasteiger partial charge in [-0.3, -0.25) is 19.2 Å². The number of aliphatic carboxylic acids is 1. The summed E-state index contributed by atoms with van der Waals surface area (Å²) in [7, 11) is 0. The summed E-state index contributed by atoms with van der Waals surface area (Å²) in [6.45, 7) is 4.75. The van der Waals surface area contributed by atoms with Gasteiger partial charge in [0.25, 0.3) is 0 Å². The Balaban J connectivity index is 1.91. The first-order valence-electron chi connectivity index (χ1n) is 14.3. The smallest absolute Gasteiger partial charge is 0.326 e. The first-order chi connectivity index (χ1) is 19.3. The number of phenolic OH excluding ortho intramolecular Hbond substituents is 1. The van der Waals surface area contributed by atoms with Crippen LogP contribution in [0, 0.1) is 11.8 Å². The average Bonchev–Trinajstić information content (AvgIpc) is 2.92. The summed E-state index contributed by atoms with van der Waals surface area (Å²) in [6, 6.07) is 2.35. The maximum Gasteiger partial charge on any atom is 0.326 e. The van der Waals surface area contributed by atoms with Crippen molar-refractivity contribution in [2.24, 2.45) is 17.6 Å². The number of amides is 4. The molecule has 1 aliphatic rings. The van der Waals surface area contributed by atoms with Gasteiger partial charge in [-0.25, -0.2) is 4.79 Å². The number of carbonyl (C=O) groups excluding carboxylic acids is 4. The molecule has 0 aliphatic heterocycles. The van der Waals surface area contributed by atoms with Crippen molar-refractivity contribution in [1.29, 1.82) is 0 Å². The fourth-order valence-corrected chi connectivity index (χ4v) is 4.88. The van der Waals surface area contributed by atoms with E-state index in [0.717, 1.165) is 37.7 Å². The number of hydrogen-bond acceptors (Lipinski definition) is 7. The van der Waals surface area contributed by atoms with E-state index in [-0.39, 0.29) is 30.4 Å². The van der Waals surface area contributed by atoms with Crippen molar-refractivity contribution >= 4 is 29.6 Å². The maximum atomic E-state index is 13.1. The van der Waals surface area contributed by atoms with E-state index in [1.165, 1.54) is 19.1 Å². The van der Waals surface area contributed by atoms with Gasteiger partial charge in [0.2, 0.25) is 23.6 Å². The van der Waals surface area contributed by atoms with Crippen LogP contribution in [0.15, 0.2) is 24.3 Å². The molecule has 1 aliphatic carbocycles. The Morgan fingerprint density at radius 1 is 0.878 bits per heavy atom. The molecular weight excluding hydrogens is 530 g/mol. The third kappa shape index (κ3) is 12.2. The van der Waals surface area contributed by atoms with Gasteiger partial charge in [-0.15, -0.1) is 0 Å². The summed E-state index contributed by atoms with van der Waals surface area (Å²) >= 11 is 0. The predicted octanol–water partition coefficient (Wildman–Crippen LogP) is 0.954. The van der Waals surface area contributed by atoms with Gasteiger partial charge in [-0.05, 0) is 55.7 Å². The summed E-state index contributed by atoms with van der Waals surface area (Å²) in [6.07, 6.45) is 5.89. The minimum Gasteiger partial charge on any atom is -0.508 e. The Labute approximate surface area is 241 Å². The zero-order chi connectivity index (χ0) is 30.5. The van der Waals surface area contributed by atoms with Crippen LogP contribution in [0.3, 0.4) is 0 Å². The minimum absolute atomic E-state index is 0.0443. The fraction of sp³-hybridized carbons (Fsp3) is 0.621. The van der Waals surface area contributed by atoms with Crippen molar-refractivity contribution in [2.45, 2.75) is 96.3 Å². The van der Waals surface area contributed by atoms with Crippen LogP contribution in [0.5, 0.6) is 5.75 Å². The van der Waals surface area contributed by atoms with E-state index < -0.39 is 60.3 Å². The van der Waals surface area contributed by atoms with E-state index in [2.05, 4.69) is 21.3 Å². The molecule has 0 bridgehead atoms. The number of benzene rings is 1. The Kier molecular flexibility index (Phi) is 13.5. The maximum absolute atomic E-state index is 13.1. The molecule has 0 unspecified atom stereocenters. The number of phenols is 1. The van der Waals surface area contributed by atoms with Crippen LogP contribution in [0.25, 0.3) is 0 Å². The lowest BCUT2D eigenvalue weighted by molar-refractivity contribution is -0.142. The topological polar surface area (TPSA) is 200 Å². The van der Waals surface area contributed by atoms with Gasteiger partial charge in [-0.1, -0.05) is 58.1 Å². The molecule has 0 radical (unpaired) electrons. The van der Waals surface area contributed by atoms with Crippen molar-refractivity contribution in [3.8, 4) is 5.75 Å². The van der Waals surface area contributed by atoms with E-state index in [0.29, 0.717) is 6.42 Å². The number of aromatic hydroxyl groups is 1. The quantitative estimate of drug-likeness (QED) is 0.160. The average molecular weight is 576 g/mol. The number of carboxylic acids is 1. The lowest BCUT2D eigenvalue weighted by atomic mass is 9.84. The molecule has 12 heteroatoms. The molecule has 0 spiro atoms. The molecule has 1 fully saturated rings. The molecule has 12 nitrogen and oxygen atoms in total. The standard InChI is InChI=1S/C29H45N5O7/c1-17(2)13-24(29(40)41)34-28(39)23(15-19-7-5-4-6-8-19)33-25(36)16-31-26(37)18(3)32-27(38)22(30)14-20-9-11-21(35)12-10-20/h9-12,17-19,22-24,35H,4-8,13-16,30H2,1-3H3,(H,31,37)(H,32,38)(H,33,36)(H,34,39)(H,40,41)/t18-,22-,23-,24-/m0/s1. The van der Waals surface area contributed by atoms with Crippen LogP contribution < -0.4 is 27.0 Å². The molecule has 0 saturated heterocycles. The molecule has 1 aromatic rings. The molecule has 0 aromatic heterocycles. The van der Waals surface area contributed by atoms with Crippen LogP contribution in [0.1, 0.15) is 71.3 Å². The van der Waals surface area contributed by atoms with E-state index in [9.17, 15) is 34.2 Å². The number of hydrogen-bond donors (Lipinski definition) is 7. The van der Waals surface area contributed by atoms with E-state index in [1.54, 1.807) is 12.1 Å². The van der Waals surface area contributed by atoms with Crippen molar-refractivity contribution in [3.63, 3.8) is 0 Å². The lowest BCUT2D eigenvalue weighted by Crippen LogP contribution is -2.55. The van der Waals surface area contributed by atoms with E-state index >= 15 is 0 Å². The van der Waals surface area contributed by atoms with Crippen LogP contribution in [0.2, 0.25) is 0 Å². The van der Waals surface area contributed by atoms with Gasteiger partial charge in [-0.2, -0.15) is 0 Å². The number of carbonyl (C=O) groups is 5. The Bertz CT molecular complexity index is 1040. The minimum atomic E-state index is -1.14. The van der Waals surface area contributed by atoms with Gasteiger partial charge in [0.15, 0.2) is 0 Å². The lowest BCUT2D eigenvalue weighted by Gasteiger charge is -2.28. The summed E-state index contributed by atoms with van der Waals surface area (Å²) in [4.78, 5) is 62.5. The van der Waals surface area contributed by atoms with Crippen molar-refractivity contribution in [2.75, 3.05) is 6.54 Å². The molecule has 228 valence electrons. The highest BCUT2D eigenvalue weighted by molar-refractivity contribution is 5.93. The molecule has 1 aromatic carbocycles. The Morgan fingerprint density at radius 2 is 1.51 bits per heavy atom. The molecule has 2 rings (SSSR count). The second-order valence-electron chi connectivity index (χ2n) is 11.3. The van der Waals surface area contributed by atoms with Crippen molar-refractivity contribution in [3.05, 3.63) is 29.8 Å². The molecule has 4 atom stereocenters. The number of rotatable bonds is 15. The molecule has 1 saturated carbocycles. The SMILES string of the molecule is CC(C)C[C@H](NC(=O)[C@H](CC1CCCCC1)NC(=O)CNC(=O)[C@H](C)NC(=O)[C@@H](N)Cc1ccc(O)cc1)C(=O)O. The summed E-state index contributed by atoms with van der Waals surface area (Å²) < 4.78 is 0. The third-order valence-electron chi connectivity index (χ3n) is 7.17. The van der Waals surface area contributed by atoms with E-state index in [4.69, 9.17) is 5.73 Å². The monoisotopic (exact) mass is 575 g/mol. The van der Waals surface area contributed by atoms with Gasteiger partial charge in [0, 0.05) is 0 Å². The third-order valence-corrected chi connectivity index (χ3v) is 7.17. The first kappa shape index (κ1) is 33.5. The van der Waals surface area contributed by atoms with Gasteiger partial charge in [0.05, 0.1) is 12.6 Å². The number of nitrogens with one attached hydrogen (secondary N) is 4. The van der Waals surface area contributed by atoms with Crippen molar-refractivity contribution < 1.29 is 34.2 Å². The molecule has 8 N–H and O–H groups in total. The second-order valence-corrected chi connectivity index (χ2v) is 11.3. The van der Waals surface area contributed by atoms with Crippen LogP contribution in [-0.2, 0) is 30.4 Å². The summed E-state index contributed by atoms with van der Waals surface area (Å²) in [5.74, 6) is -3.10. The highest BCUT2D eigenvalue weighted by Crippen LogP contribution is 2.27. The second kappa shape index (κ2) is 16.6. The summed E-state index contributed by atoms with van der Waals surface area (Å²) in [5, 5.41) is 29.1. The highest BCUT2D eigenvalue weighted by atomic mass is 16.4. The fourth-order valence-electron chi connectivity index (χ4n) is 4.88.